The Labute approximate surface area is 218 Å². The molecule has 6 nitrogen and oxygen atoms in total. The second kappa shape index (κ2) is 9.69. The highest BCUT2D eigenvalue weighted by Crippen LogP contribution is 2.43. The predicted octanol–water partition coefficient (Wildman–Crippen LogP) is 5.90. The van der Waals surface area contributed by atoms with E-state index in [0.717, 1.165) is 34.9 Å². The van der Waals surface area contributed by atoms with Gasteiger partial charge in [-0.1, -0.05) is 42.5 Å². The van der Waals surface area contributed by atoms with Crippen LogP contribution in [0.5, 0.6) is 11.5 Å². The van der Waals surface area contributed by atoms with Crippen LogP contribution in [0.2, 0.25) is 0 Å². The first kappa shape index (κ1) is 23.8. The molecule has 4 aromatic rings. The molecule has 0 amide bonds. The molecule has 6 heteroatoms. The monoisotopic (exact) mass is 494 g/mol. The number of hydrogen-bond donors (Lipinski definition) is 1. The summed E-state index contributed by atoms with van der Waals surface area (Å²) >= 11 is 0. The number of hydrogen-bond acceptors (Lipinski definition) is 5. The minimum atomic E-state index is 0.0363. The molecule has 0 spiro atoms. The molecule has 1 saturated carbocycles. The molecule has 1 unspecified atom stereocenters. The Hall–Kier alpha value is -3.61. The maximum absolute atomic E-state index is 5.67. The van der Waals surface area contributed by atoms with E-state index >= 15 is 0 Å². The molecular weight excluding hydrogens is 460 g/mol. The molecular formula is C31H34N4O2. The summed E-state index contributed by atoms with van der Waals surface area (Å²) in [5, 5.41) is 7.25. The summed E-state index contributed by atoms with van der Waals surface area (Å²) in [4.78, 5) is 0. The topological polar surface area (TPSA) is 51.6 Å². The number of hydrazine groups is 1. The fourth-order valence-electron chi connectivity index (χ4n) is 5.60. The van der Waals surface area contributed by atoms with Crippen LogP contribution in [0.25, 0.3) is 16.9 Å². The molecule has 2 aliphatic rings. The molecule has 190 valence electrons. The zero-order chi connectivity index (χ0) is 25.5. The number of nitrogens with one attached hydrogen (secondary N) is 1. The first-order valence-electron chi connectivity index (χ1n) is 13.0. The van der Waals surface area contributed by atoms with Crippen molar-refractivity contribution in [2.45, 2.75) is 44.2 Å². The van der Waals surface area contributed by atoms with Crippen molar-refractivity contribution in [2.24, 2.45) is 0 Å². The average molecular weight is 495 g/mol. The lowest BCUT2D eigenvalue weighted by atomic mass is 9.91. The van der Waals surface area contributed by atoms with E-state index in [1.54, 1.807) is 14.2 Å². The molecule has 1 N–H and O–H groups in total. The van der Waals surface area contributed by atoms with Crippen molar-refractivity contribution in [3.8, 4) is 28.4 Å². The summed E-state index contributed by atoms with van der Waals surface area (Å²) in [7, 11) is 5.51. The second-order valence-electron chi connectivity index (χ2n) is 10.3. The van der Waals surface area contributed by atoms with E-state index in [2.05, 4.69) is 95.8 Å². The number of nitrogens with zero attached hydrogens (tertiary/aromatic N) is 3. The van der Waals surface area contributed by atoms with Crippen molar-refractivity contribution < 1.29 is 9.47 Å². The number of ether oxygens (including phenoxy) is 2. The maximum atomic E-state index is 5.67. The van der Waals surface area contributed by atoms with Crippen molar-refractivity contribution in [3.63, 3.8) is 0 Å². The normalized spacial score (nSPS) is 19.8. The average Bonchev–Trinajstić information content (AvgIpc) is 3.69. The zero-order valence-electron chi connectivity index (χ0n) is 21.9. The van der Waals surface area contributed by atoms with E-state index in [1.165, 1.54) is 35.2 Å². The summed E-state index contributed by atoms with van der Waals surface area (Å²) < 4.78 is 13.4. The molecule has 0 radical (unpaired) electrons. The van der Waals surface area contributed by atoms with Gasteiger partial charge in [0.25, 0.3) is 0 Å². The van der Waals surface area contributed by atoms with Crippen LogP contribution in [0.1, 0.15) is 54.1 Å². The van der Waals surface area contributed by atoms with Gasteiger partial charge in [0.1, 0.15) is 0 Å². The molecule has 1 aromatic heterocycles. The summed E-state index contributed by atoms with van der Waals surface area (Å²) in [6, 6.07) is 26.2. The van der Waals surface area contributed by atoms with Gasteiger partial charge in [-0.25, -0.2) is 9.69 Å². The van der Waals surface area contributed by atoms with Crippen molar-refractivity contribution >= 4 is 0 Å². The van der Waals surface area contributed by atoms with Crippen LogP contribution in [0, 0.1) is 0 Å². The van der Waals surface area contributed by atoms with Gasteiger partial charge in [-0.15, -0.1) is 0 Å². The largest absolute Gasteiger partial charge is 0.493 e. The Morgan fingerprint density at radius 3 is 2.27 bits per heavy atom. The predicted molar refractivity (Wildman–Crippen MR) is 146 cm³/mol. The third-order valence-corrected chi connectivity index (χ3v) is 7.53. The number of fused-ring (bicyclic) bond motifs is 1. The Morgan fingerprint density at radius 1 is 0.892 bits per heavy atom. The summed E-state index contributed by atoms with van der Waals surface area (Å²) in [5.41, 5.74) is 11.9. The van der Waals surface area contributed by atoms with E-state index in [0.29, 0.717) is 12.0 Å². The fraction of sp³-hybridized carbons (Fsp3) is 0.323. The summed E-state index contributed by atoms with van der Waals surface area (Å²) in [6.45, 7) is 2.21. The van der Waals surface area contributed by atoms with Gasteiger partial charge in [-0.2, -0.15) is 5.10 Å². The quantitative estimate of drug-likeness (QED) is 0.361. The molecule has 1 aliphatic carbocycles. The van der Waals surface area contributed by atoms with Crippen LogP contribution in [0.3, 0.4) is 0 Å². The summed E-state index contributed by atoms with van der Waals surface area (Å²) in [5.74, 6) is 2.12. The van der Waals surface area contributed by atoms with E-state index in [4.69, 9.17) is 14.6 Å². The van der Waals surface area contributed by atoms with Gasteiger partial charge in [-0.3, -0.25) is 5.43 Å². The first-order valence-corrected chi connectivity index (χ1v) is 13.0. The molecule has 2 atom stereocenters. The third-order valence-electron chi connectivity index (χ3n) is 7.53. The molecule has 1 fully saturated rings. The van der Waals surface area contributed by atoms with Crippen molar-refractivity contribution in [1.29, 1.82) is 0 Å². The van der Waals surface area contributed by atoms with Gasteiger partial charge in [0.05, 0.1) is 31.6 Å². The highest BCUT2D eigenvalue weighted by atomic mass is 16.5. The number of benzene rings is 3. The lowest BCUT2D eigenvalue weighted by Gasteiger charge is -2.29. The van der Waals surface area contributed by atoms with E-state index in [9.17, 15) is 0 Å². The molecule has 0 bridgehead atoms. The van der Waals surface area contributed by atoms with Gasteiger partial charge in [0.2, 0.25) is 0 Å². The fourth-order valence-corrected chi connectivity index (χ4v) is 5.60. The number of methoxy groups -OCH3 is 2. The molecule has 1 aliphatic heterocycles. The third kappa shape index (κ3) is 4.52. The van der Waals surface area contributed by atoms with Crippen LogP contribution in [0.15, 0.2) is 72.8 Å². The lowest BCUT2D eigenvalue weighted by Crippen LogP contribution is -2.42. The van der Waals surface area contributed by atoms with Gasteiger partial charge < -0.3 is 9.47 Å². The molecule has 2 heterocycles. The van der Waals surface area contributed by atoms with E-state index < -0.39 is 0 Å². The second-order valence-corrected chi connectivity index (χ2v) is 10.3. The van der Waals surface area contributed by atoms with E-state index in [1.807, 2.05) is 6.07 Å². The SMILES string of the molecule is COc1cc2c(cc1OC)C(c1ccc(-n3nc(-c4ccccc4)cc3C3CC3)cc1)N(C)N[C@@H](C)C2. The Kier molecular flexibility index (Phi) is 6.22. The van der Waals surface area contributed by atoms with Gasteiger partial charge in [-0.05, 0) is 73.2 Å². The van der Waals surface area contributed by atoms with Crippen LogP contribution < -0.4 is 14.9 Å². The Balaban J connectivity index is 1.39. The van der Waals surface area contributed by atoms with Gasteiger partial charge in [0.15, 0.2) is 11.5 Å². The van der Waals surface area contributed by atoms with Gasteiger partial charge >= 0.3 is 0 Å². The van der Waals surface area contributed by atoms with Crippen LogP contribution >= 0.6 is 0 Å². The lowest BCUT2D eigenvalue weighted by molar-refractivity contribution is 0.172. The molecule has 3 aromatic carbocycles. The van der Waals surface area contributed by atoms with Crippen molar-refractivity contribution in [2.75, 3.05) is 21.3 Å². The smallest absolute Gasteiger partial charge is 0.161 e. The highest BCUT2D eigenvalue weighted by Gasteiger charge is 2.31. The van der Waals surface area contributed by atoms with Gasteiger partial charge in [0, 0.05) is 30.3 Å². The first-order chi connectivity index (χ1) is 18.1. The minimum Gasteiger partial charge on any atom is -0.493 e. The molecule has 37 heavy (non-hydrogen) atoms. The van der Waals surface area contributed by atoms with Crippen LogP contribution in [0.4, 0.5) is 0 Å². The maximum Gasteiger partial charge on any atom is 0.161 e. The Bertz CT molecular complexity index is 1390. The van der Waals surface area contributed by atoms with Crippen molar-refractivity contribution in [3.05, 3.63) is 95.2 Å². The molecule has 0 saturated heterocycles. The standard InChI is InChI=1S/C31H34N4O2/c1-20-16-24-17-29(36-3)30(37-4)18-26(24)31(34(2)32-20)23-12-14-25(15-13-23)35-28(22-10-11-22)19-27(33-35)21-8-6-5-7-9-21/h5-9,12-15,17-20,22,31-32H,10-11,16H2,1-4H3/t20-,31?/m0/s1. The summed E-state index contributed by atoms with van der Waals surface area (Å²) in [6.07, 6.45) is 3.38. The highest BCUT2D eigenvalue weighted by molar-refractivity contribution is 5.60. The van der Waals surface area contributed by atoms with Crippen molar-refractivity contribution in [1.82, 2.24) is 20.2 Å². The molecule has 6 rings (SSSR count). The zero-order valence-corrected chi connectivity index (χ0v) is 21.9. The minimum absolute atomic E-state index is 0.0363. The van der Waals surface area contributed by atoms with Crippen LogP contribution in [-0.4, -0.2) is 42.1 Å². The van der Waals surface area contributed by atoms with E-state index in [-0.39, 0.29) is 6.04 Å². The number of aromatic nitrogens is 2. The Morgan fingerprint density at radius 2 is 1.59 bits per heavy atom. The van der Waals surface area contributed by atoms with Crippen LogP contribution in [-0.2, 0) is 6.42 Å². The number of rotatable bonds is 6.